The van der Waals surface area contributed by atoms with Crippen molar-refractivity contribution in [2.45, 2.75) is 18.2 Å². The molecule has 3 nitrogen and oxygen atoms in total. The van der Waals surface area contributed by atoms with Crippen LogP contribution in [-0.4, -0.2) is 34.2 Å². The molecule has 1 atom stereocenters. The van der Waals surface area contributed by atoms with E-state index in [4.69, 9.17) is 0 Å². The Morgan fingerprint density at radius 3 is 3.00 bits per heavy atom. The summed E-state index contributed by atoms with van der Waals surface area (Å²) in [7, 11) is 1.82. The molecule has 0 aliphatic heterocycles. The Hall–Kier alpha value is -0.420. The lowest BCUT2D eigenvalue weighted by molar-refractivity contribution is 0.0798. The van der Waals surface area contributed by atoms with Gasteiger partial charge in [0.05, 0.1) is 11.7 Å². The number of halogens is 1. The molecule has 14 heavy (non-hydrogen) atoms. The molecule has 1 amide bonds. The summed E-state index contributed by atoms with van der Waals surface area (Å²) in [4.78, 5) is 18.5. The van der Waals surface area contributed by atoms with E-state index in [1.807, 2.05) is 7.05 Å². The Morgan fingerprint density at radius 2 is 2.50 bits per heavy atom. The number of amides is 1. The molecule has 0 aromatic carbocycles. The van der Waals surface area contributed by atoms with E-state index in [1.54, 1.807) is 16.6 Å². The highest BCUT2D eigenvalue weighted by atomic mass is 79.9. The Bertz CT molecular complexity index is 287. The second-order valence-corrected chi connectivity index (χ2v) is 5.61. The van der Waals surface area contributed by atoms with E-state index in [2.05, 4.69) is 27.8 Å². The highest BCUT2D eigenvalue weighted by Gasteiger charge is 2.13. The summed E-state index contributed by atoms with van der Waals surface area (Å²) in [5, 5.41) is 0. The van der Waals surface area contributed by atoms with Crippen molar-refractivity contribution in [3.8, 4) is 0 Å². The van der Waals surface area contributed by atoms with Gasteiger partial charge in [0, 0.05) is 18.4 Å². The van der Waals surface area contributed by atoms with Crippen LogP contribution in [0, 0.1) is 0 Å². The molecule has 1 aromatic rings. The van der Waals surface area contributed by atoms with E-state index in [0.717, 1.165) is 13.0 Å². The smallest absolute Gasteiger partial charge is 0.265 e. The van der Waals surface area contributed by atoms with Crippen molar-refractivity contribution >= 4 is 33.2 Å². The number of nitrogens with zero attached hydrogens (tertiary/aromatic N) is 2. The topological polar surface area (TPSA) is 33.2 Å². The Balaban J connectivity index is 2.45. The summed E-state index contributed by atoms with van der Waals surface area (Å²) in [6.45, 7) is 2.84. The van der Waals surface area contributed by atoms with Crippen LogP contribution >= 0.6 is 27.3 Å². The molecule has 78 valence electrons. The molecule has 0 fully saturated rings. The van der Waals surface area contributed by atoms with Gasteiger partial charge in [-0.05, 0) is 6.42 Å². The fraction of sp³-hybridized carbons (Fsp3) is 0.556. The minimum atomic E-state index is 0.0562. The molecule has 1 aromatic heterocycles. The SMILES string of the molecule is CC(Br)CCN(C)C(=O)c1cncs1. The molecule has 0 spiro atoms. The van der Waals surface area contributed by atoms with Gasteiger partial charge in [-0.1, -0.05) is 22.9 Å². The fourth-order valence-electron chi connectivity index (χ4n) is 0.983. The number of hydrogen-bond acceptors (Lipinski definition) is 3. The summed E-state index contributed by atoms with van der Waals surface area (Å²) in [5.41, 5.74) is 1.67. The third-order valence-electron chi connectivity index (χ3n) is 1.85. The molecule has 0 aliphatic carbocycles. The summed E-state index contributed by atoms with van der Waals surface area (Å²) >= 11 is 4.83. The molecule has 1 unspecified atom stereocenters. The lowest BCUT2D eigenvalue weighted by Gasteiger charge is -2.16. The normalized spacial score (nSPS) is 12.5. The molecular formula is C9H13BrN2OS. The Morgan fingerprint density at radius 1 is 1.79 bits per heavy atom. The van der Waals surface area contributed by atoms with Crippen molar-refractivity contribution in [3.63, 3.8) is 0 Å². The number of carbonyl (C=O) groups is 1. The first kappa shape index (κ1) is 11.7. The molecule has 0 bridgehead atoms. The predicted molar refractivity (Wildman–Crippen MR) is 62.1 cm³/mol. The van der Waals surface area contributed by atoms with Gasteiger partial charge in [-0.2, -0.15) is 0 Å². The second kappa shape index (κ2) is 5.46. The lowest BCUT2D eigenvalue weighted by atomic mass is 10.3. The Kier molecular flexibility index (Phi) is 4.54. The van der Waals surface area contributed by atoms with Gasteiger partial charge in [-0.25, -0.2) is 0 Å². The van der Waals surface area contributed by atoms with Crippen LogP contribution in [0.15, 0.2) is 11.7 Å². The van der Waals surface area contributed by atoms with Gasteiger partial charge in [-0.15, -0.1) is 11.3 Å². The van der Waals surface area contributed by atoms with E-state index < -0.39 is 0 Å². The first-order chi connectivity index (χ1) is 6.61. The van der Waals surface area contributed by atoms with Crippen LogP contribution in [-0.2, 0) is 0 Å². The van der Waals surface area contributed by atoms with Crippen molar-refractivity contribution in [2.75, 3.05) is 13.6 Å². The van der Waals surface area contributed by atoms with Crippen LogP contribution in [0.1, 0.15) is 23.0 Å². The molecule has 0 radical (unpaired) electrons. The average molecular weight is 277 g/mol. The highest BCUT2D eigenvalue weighted by molar-refractivity contribution is 9.09. The maximum absolute atomic E-state index is 11.7. The first-order valence-corrected chi connectivity index (χ1v) is 6.19. The van der Waals surface area contributed by atoms with Crippen LogP contribution in [0.5, 0.6) is 0 Å². The fourth-order valence-corrected chi connectivity index (χ4v) is 1.80. The van der Waals surface area contributed by atoms with Crippen molar-refractivity contribution in [3.05, 3.63) is 16.6 Å². The quantitative estimate of drug-likeness (QED) is 0.792. The summed E-state index contributed by atoms with van der Waals surface area (Å²) in [6, 6.07) is 0. The van der Waals surface area contributed by atoms with E-state index in [1.165, 1.54) is 11.3 Å². The van der Waals surface area contributed by atoms with Gasteiger partial charge in [0.2, 0.25) is 0 Å². The third-order valence-corrected chi connectivity index (χ3v) is 3.07. The van der Waals surface area contributed by atoms with Crippen LogP contribution in [0.25, 0.3) is 0 Å². The zero-order valence-electron chi connectivity index (χ0n) is 8.24. The molecule has 0 aliphatic rings. The van der Waals surface area contributed by atoms with Crippen LogP contribution < -0.4 is 0 Å². The monoisotopic (exact) mass is 276 g/mol. The van der Waals surface area contributed by atoms with Gasteiger partial charge in [-0.3, -0.25) is 9.78 Å². The number of thiazole rings is 1. The third kappa shape index (κ3) is 3.38. The maximum Gasteiger partial charge on any atom is 0.265 e. The van der Waals surface area contributed by atoms with E-state index in [-0.39, 0.29) is 5.91 Å². The molecule has 0 saturated heterocycles. The van der Waals surface area contributed by atoms with Crippen molar-refractivity contribution < 1.29 is 4.79 Å². The minimum absolute atomic E-state index is 0.0562. The van der Waals surface area contributed by atoms with Gasteiger partial charge < -0.3 is 4.90 Å². The molecular weight excluding hydrogens is 264 g/mol. The van der Waals surface area contributed by atoms with Gasteiger partial charge >= 0.3 is 0 Å². The minimum Gasteiger partial charge on any atom is -0.341 e. The van der Waals surface area contributed by atoms with E-state index in [9.17, 15) is 4.79 Å². The van der Waals surface area contributed by atoms with Crippen LogP contribution in [0.4, 0.5) is 0 Å². The zero-order valence-corrected chi connectivity index (χ0v) is 10.6. The van der Waals surface area contributed by atoms with Crippen LogP contribution in [0.3, 0.4) is 0 Å². The average Bonchev–Trinajstić information content (AvgIpc) is 2.65. The van der Waals surface area contributed by atoms with E-state index >= 15 is 0 Å². The molecule has 5 heteroatoms. The van der Waals surface area contributed by atoms with Crippen molar-refractivity contribution in [1.82, 2.24) is 9.88 Å². The molecule has 0 saturated carbocycles. The standard InChI is InChI=1S/C9H13BrN2OS/c1-7(10)3-4-12(2)9(13)8-5-11-6-14-8/h5-7H,3-4H2,1-2H3. The molecule has 0 N–H and O–H groups in total. The lowest BCUT2D eigenvalue weighted by Crippen LogP contribution is -2.28. The van der Waals surface area contributed by atoms with Crippen LogP contribution in [0.2, 0.25) is 0 Å². The second-order valence-electron chi connectivity index (χ2n) is 3.16. The summed E-state index contributed by atoms with van der Waals surface area (Å²) in [5.74, 6) is 0.0562. The number of rotatable bonds is 4. The first-order valence-electron chi connectivity index (χ1n) is 4.39. The maximum atomic E-state index is 11.7. The van der Waals surface area contributed by atoms with Crippen molar-refractivity contribution in [2.24, 2.45) is 0 Å². The zero-order chi connectivity index (χ0) is 10.6. The molecule has 1 rings (SSSR count). The number of alkyl halides is 1. The number of aromatic nitrogens is 1. The molecule has 1 heterocycles. The van der Waals surface area contributed by atoms with Gasteiger partial charge in [0.25, 0.3) is 5.91 Å². The summed E-state index contributed by atoms with van der Waals surface area (Å²) < 4.78 is 0. The van der Waals surface area contributed by atoms with E-state index in [0.29, 0.717) is 9.70 Å². The number of hydrogen-bond donors (Lipinski definition) is 0. The van der Waals surface area contributed by atoms with Crippen molar-refractivity contribution in [1.29, 1.82) is 0 Å². The highest BCUT2D eigenvalue weighted by Crippen LogP contribution is 2.10. The largest absolute Gasteiger partial charge is 0.341 e. The predicted octanol–water partition coefficient (Wildman–Crippen LogP) is 2.39. The van der Waals surface area contributed by atoms with Gasteiger partial charge in [0.1, 0.15) is 4.88 Å². The Labute approximate surface area is 96.3 Å². The number of carbonyl (C=O) groups excluding carboxylic acids is 1. The summed E-state index contributed by atoms with van der Waals surface area (Å²) in [6.07, 6.45) is 2.57. The van der Waals surface area contributed by atoms with Gasteiger partial charge in [0.15, 0.2) is 0 Å².